The van der Waals surface area contributed by atoms with E-state index in [2.05, 4.69) is 54.7 Å². The summed E-state index contributed by atoms with van der Waals surface area (Å²) in [7, 11) is 0.489. The first kappa shape index (κ1) is 37.9. The number of phenolic OH excluding ortho intramolecular Hbond substituents is 2. The van der Waals surface area contributed by atoms with Gasteiger partial charge in [0, 0.05) is 97.9 Å². The minimum atomic E-state index is -2.63. The number of ether oxygens (including phenoxy) is 2. The maximum absolute atomic E-state index is 13.4. The molecule has 1 unspecified atom stereocenters. The van der Waals surface area contributed by atoms with Gasteiger partial charge in [-0.05, 0) is 72.1 Å². The Kier molecular flexibility index (Phi) is 11.5. The summed E-state index contributed by atoms with van der Waals surface area (Å²) in [6, 6.07) is 33.0. The Morgan fingerprint density at radius 1 is 0.685 bits per heavy atom. The van der Waals surface area contributed by atoms with Gasteiger partial charge in [-0.2, -0.15) is 4.36 Å². The molecule has 0 fully saturated rings. The zero-order valence-corrected chi connectivity index (χ0v) is 32.8. The number of nitrogens with one attached hydrogen (secondary N) is 2. The van der Waals surface area contributed by atoms with Crippen LogP contribution >= 0.6 is 15.9 Å². The number of phenols is 2. The molecule has 12 heteroatoms. The summed E-state index contributed by atoms with van der Waals surface area (Å²) < 4.78 is 29.4. The van der Waals surface area contributed by atoms with E-state index in [0.29, 0.717) is 33.7 Å². The molecule has 4 N–H and O–H groups in total. The second-order valence-corrected chi connectivity index (χ2v) is 16.0. The standard InChI is InChI=1S/C26H27N3O3S.C16H13BrN2O2/c1-17(2)18-5-8-23(9-6-18)33(4,31)29-19-7-10-25-24(15-19)26(11-12-27-25)28-20-13-21(30)16-22(14-20)32-3;1-21-13-8-11(7-12(20)9-13)19-16-4-5-18-15-3-2-10(17)6-14(15)16/h5-17,30H,1-4H3,(H,27,28);2-9,20H,1H3,(H,18,19). The Bertz CT molecular complexity index is 2570. The molecule has 0 spiro atoms. The van der Waals surface area contributed by atoms with Crippen molar-refractivity contribution in [3.63, 3.8) is 0 Å². The molecule has 54 heavy (non-hydrogen) atoms. The van der Waals surface area contributed by atoms with Gasteiger partial charge >= 0.3 is 0 Å². The van der Waals surface area contributed by atoms with Gasteiger partial charge in [0.2, 0.25) is 0 Å². The van der Waals surface area contributed by atoms with E-state index in [1.54, 1.807) is 63.2 Å². The monoisotopic (exact) mass is 805 g/mol. The summed E-state index contributed by atoms with van der Waals surface area (Å²) in [6.07, 6.45) is 5.11. The highest BCUT2D eigenvalue weighted by Gasteiger charge is 2.11. The third kappa shape index (κ3) is 9.20. The lowest BCUT2D eigenvalue weighted by Gasteiger charge is -2.12. The molecule has 2 heterocycles. The largest absolute Gasteiger partial charge is 0.508 e. The van der Waals surface area contributed by atoms with E-state index in [0.717, 1.165) is 43.3 Å². The quantitative estimate of drug-likeness (QED) is 0.112. The van der Waals surface area contributed by atoms with Gasteiger partial charge in [0.15, 0.2) is 0 Å². The molecule has 0 radical (unpaired) electrons. The molecule has 276 valence electrons. The summed E-state index contributed by atoms with van der Waals surface area (Å²) in [4.78, 5) is 9.47. The number of hydrogen-bond donors (Lipinski definition) is 4. The molecule has 0 bridgehead atoms. The Morgan fingerprint density at radius 3 is 1.72 bits per heavy atom. The molecule has 7 rings (SSSR count). The third-order valence-corrected chi connectivity index (χ3v) is 10.7. The van der Waals surface area contributed by atoms with E-state index < -0.39 is 9.73 Å². The molecule has 0 saturated carbocycles. The van der Waals surface area contributed by atoms with Crippen LogP contribution in [0.15, 0.2) is 135 Å². The molecule has 5 aromatic carbocycles. The molecule has 7 aromatic rings. The van der Waals surface area contributed by atoms with E-state index in [-0.39, 0.29) is 11.5 Å². The van der Waals surface area contributed by atoms with Crippen molar-refractivity contribution in [1.29, 1.82) is 0 Å². The fourth-order valence-corrected chi connectivity index (χ4v) is 7.37. The number of aromatic nitrogens is 2. The SMILES string of the molecule is COc1cc(O)cc(Nc2ccnc3ccc(Br)cc23)c1.COc1cc(O)cc(Nc2ccnc3ccc(N=S(C)(=O)c4ccc(C(C)C)cc4)cc23)c1. The highest BCUT2D eigenvalue weighted by Crippen LogP contribution is 2.34. The molecule has 1 atom stereocenters. The minimum Gasteiger partial charge on any atom is -0.508 e. The average molecular weight is 807 g/mol. The average Bonchev–Trinajstić information content (AvgIpc) is 3.15. The van der Waals surface area contributed by atoms with Crippen LogP contribution in [0.5, 0.6) is 23.0 Å². The van der Waals surface area contributed by atoms with Gasteiger partial charge in [-0.15, -0.1) is 0 Å². The molecule has 0 saturated heterocycles. The fourth-order valence-electron chi connectivity index (χ4n) is 5.74. The number of aromatic hydroxyl groups is 2. The van der Waals surface area contributed by atoms with E-state index >= 15 is 0 Å². The van der Waals surface area contributed by atoms with Crippen molar-refractivity contribution in [1.82, 2.24) is 9.97 Å². The molecule has 0 amide bonds. The summed E-state index contributed by atoms with van der Waals surface area (Å²) in [5.74, 6) is 1.80. The second-order valence-electron chi connectivity index (χ2n) is 12.8. The first-order valence-electron chi connectivity index (χ1n) is 17.0. The van der Waals surface area contributed by atoms with Crippen LogP contribution in [0.2, 0.25) is 0 Å². The summed E-state index contributed by atoms with van der Waals surface area (Å²) >= 11 is 3.47. The summed E-state index contributed by atoms with van der Waals surface area (Å²) in [6.45, 7) is 4.26. The molecule has 2 aromatic heterocycles. The highest BCUT2D eigenvalue weighted by molar-refractivity contribution is 9.10. The van der Waals surface area contributed by atoms with Crippen LogP contribution in [-0.2, 0) is 9.73 Å². The van der Waals surface area contributed by atoms with Gasteiger partial charge in [-0.3, -0.25) is 9.97 Å². The fraction of sp³-hybridized carbons (Fsp3) is 0.143. The normalized spacial score (nSPS) is 12.1. The van der Waals surface area contributed by atoms with Gasteiger partial charge in [-0.25, -0.2) is 4.21 Å². The van der Waals surface area contributed by atoms with Crippen molar-refractivity contribution in [3.8, 4) is 23.0 Å². The smallest absolute Gasteiger partial charge is 0.124 e. The minimum absolute atomic E-state index is 0.0973. The van der Waals surface area contributed by atoms with E-state index in [1.807, 2.05) is 78.9 Å². The topological polar surface area (TPSA) is 138 Å². The third-order valence-electron chi connectivity index (χ3n) is 8.50. The first-order chi connectivity index (χ1) is 25.9. The first-order valence-corrected chi connectivity index (χ1v) is 19.7. The molecule has 10 nitrogen and oxygen atoms in total. The summed E-state index contributed by atoms with van der Waals surface area (Å²) in [5.41, 5.74) is 6.59. The number of pyridine rings is 2. The van der Waals surface area contributed by atoms with E-state index in [9.17, 15) is 14.4 Å². The lowest BCUT2D eigenvalue weighted by molar-refractivity contribution is 0.407. The lowest BCUT2D eigenvalue weighted by Crippen LogP contribution is -1.98. The number of fused-ring (bicyclic) bond motifs is 2. The van der Waals surface area contributed by atoms with Crippen molar-refractivity contribution in [3.05, 3.63) is 132 Å². The Labute approximate surface area is 323 Å². The van der Waals surface area contributed by atoms with Crippen molar-refractivity contribution >= 4 is 75.9 Å². The zero-order chi connectivity index (χ0) is 38.4. The van der Waals surface area contributed by atoms with Crippen molar-refractivity contribution in [2.45, 2.75) is 24.7 Å². The van der Waals surface area contributed by atoms with Crippen LogP contribution in [-0.4, -0.2) is 44.9 Å². The van der Waals surface area contributed by atoms with Crippen LogP contribution in [0.4, 0.5) is 28.4 Å². The van der Waals surface area contributed by atoms with Gasteiger partial charge in [0.05, 0.1) is 40.7 Å². The highest BCUT2D eigenvalue weighted by atomic mass is 79.9. The van der Waals surface area contributed by atoms with Crippen LogP contribution in [0.1, 0.15) is 25.3 Å². The van der Waals surface area contributed by atoms with Crippen molar-refractivity contribution in [2.24, 2.45) is 4.36 Å². The maximum Gasteiger partial charge on any atom is 0.124 e. The van der Waals surface area contributed by atoms with Gasteiger partial charge < -0.3 is 30.3 Å². The number of hydrogen-bond acceptors (Lipinski definition) is 10. The number of benzene rings is 5. The zero-order valence-electron chi connectivity index (χ0n) is 30.4. The number of rotatable bonds is 9. The molecule has 0 aliphatic heterocycles. The molecular weight excluding hydrogens is 766 g/mol. The predicted octanol–water partition coefficient (Wildman–Crippen LogP) is 11.1. The second kappa shape index (κ2) is 16.4. The van der Waals surface area contributed by atoms with Gasteiger partial charge in [0.1, 0.15) is 23.0 Å². The van der Waals surface area contributed by atoms with Crippen molar-refractivity contribution < 1.29 is 23.9 Å². The van der Waals surface area contributed by atoms with E-state index in [1.165, 1.54) is 5.56 Å². The molecule has 0 aliphatic rings. The number of methoxy groups -OCH3 is 2. The van der Waals surface area contributed by atoms with Crippen LogP contribution in [0, 0.1) is 0 Å². The van der Waals surface area contributed by atoms with Crippen molar-refractivity contribution in [2.75, 3.05) is 31.1 Å². The van der Waals surface area contributed by atoms with Gasteiger partial charge in [0.25, 0.3) is 0 Å². The lowest BCUT2D eigenvalue weighted by atomic mass is 10.0. The van der Waals surface area contributed by atoms with Crippen LogP contribution in [0.25, 0.3) is 21.8 Å². The summed E-state index contributed by atoms with van der Waals surface area (Å²) in [5, 5.41) is 28.1. The van der Waals surface area contributed by atoms with Crippen LogP contribution < -0.4 is 20.1 Å². The Hall–Kier alpha value is -5.85. The maximum atomic E-state index is 13.4. The predicted molar refractivity (Wildman–Crippen MR) is 222 cm³/mol. The van der Waals surface area contributed by atoms with Gasteiger partial charge in [-0.1, -0.05) is 41.9 Å². The number of halogens is 1. The molecular formula is C42H40BrN5O5S. The van der Waals surface area contributed by atoms with Crippen LogP contribution in [0.3, 0.4) is 0 Å². The van der Waals surface area contributed by atoms with E-state index in [4.69, 9.17) is 9.47 Å². The Balaban J connectivity index is 0.000000203. The molecule has 0 aliphatic carbocycles. The number of anilines is 4. The Morgan fingerprint density at radius 2 is 1.20 bits per heavy atom. The number of nitrogens with zero attached hydrogens (tertiary/aromatic N) is 3.